The van der Waals surface area contributed by atoms with Crippen LogP contribution in [0.1, 0.15) is 64.7 Å². The van der Waals surface area contributed by atoms with Crippen molar-refractivity contribution in [2.75, 3.05) is 0 Å². The van der Waals surface area contributed by atoms with E-state index in [1.54, 1.807) is 13.0 Å². The van der Waals surface area contributed by atoms with E-state index in [0.717, 1.165) is 12.8 Å². The van der Waals surface area contributed by atoms with Gasteiger partial charge in [-0.2, -0.15) is 0 Å². The van der Waals surface area contributed by atoms with Crippen molar-refractivity contribution in [1.29, 1.82) is 0 Å². The van der Waals surface area contributed by atoms with Gasteiger partial charge in [-0.1, -0.05) is 64.4 Å². The van der Waals surface area contributed by atoms with Crippen molar-refractivity contribution < 1.29 is 9.90 Å². The smallest absolute Gasteiger partial charge is 0.330 e. The number of allylic oxidation sites excluding steroid dienone is 1. The molecule has 1 N–H and O–H groups in total. The number of carboxylic acid groups (broad SMARTS) is 1. The number of aliphatic carboxylic acids is 1. The van der Waals surface area contributed by atoms with Crippen molar-refractivity contribution in [2.45, 2.75) is 64.7 Å². The average Bonchev–Trinajstić information content (AvgIpc) is 2.31. The number of hydrogen-bond donors (Lipinski definition) is 1. The van der Waals surface area contributed by atoms with E-state index in [4.69, 9.17) is 5.11 Å². The molecule has 0 aliphatic carbocycles. The topological polar surface area (TPSA) is 37.3 Å². The molecule has 0 aromatic heterocycles. The van der Waals surface area contributed by atoms with Gasteiger partial charge in [0.2, 0.25) is 0 Å². The van der Waals surface area contributed by atoms with Gasteiger partial charge in [0.1, 0.15) is 0 Å². The first-order valence-corrected chi connectivity index (χ1v) is 6.71. The molecule has 2 nitrogen and oxygen atoms in total. The Labute approximate surface area is 106 Å². The van der Waals surface area contributed by atoms with Crippen LogP contribution < -0.4 is 0 Å². The molecular formula is C15H26O2. The molecule has 0 saturated carbocycles. The van der Waals surface area contributed by atoms with E-state index in [9.17, 15) is 4.79 Å². The molecule has 0 bridgehead atoms. The molecule has 0 aliphatic heterocycles. The van der Waals surface area contributed by atoms with Gasteiger partial charge in [-0.15, -0.1) is 0 Å². The third-order valence-electron chi connectivity index (χ3n) is 2.83. The maximum Gasteiger partial charge on any atom is 0.330 e. The molecule has 2 heteroatoms. The number of carbonyl (C=O) groups is 1. The molecule has 98 valence electrons. The highest BCUT2D eigenvalue weighted by atomic mass is 16.4. The van der Waals surface area contributed by atoms with Gasteiger partial charge in [0.05, 0.1) is 0 Å². The van der Waals surface area contributed by atoms with Crippen LogP contribution in [0.25, 0.3) is 0 Å². The molecule has 0 unspecified atom stereocenters. The molecule has 17 heavy (non-hydrogen) atoms. The Hall–Kier alpha value is -0.790. The van der Waals surface area contributed by atoms with Crippen molar-refractivity contribution >= 4 is 5.97 Å². The van der Waals surface area contributed by atoms with Crippen molar-refractivity contribution in [3.63, 3.8) is 0 Å². The Kier molecular flexibility index (Phi) is 11.1. The highest BCUT2D eigenvalue weighted by Crippen LogP contribution is 2.10. The van der Waals surface area contributed by atoms with Gasteiger partial charge in [-0.3, -0.25) is 0 Å². The highest BCUT2D eigenvalue weighted by molar-refractivity contribution is 5.85. The molecule has 2 radical (unpaired) electrons. The predicted octanol–water partition coefficient (Wildman–Crippen LogP) is 4.57. The molecule has 0 aromatic carbocycles. The van der Waals surface area contributed by atoms with Gasteiger partial charge in [0.15, 0.2) is 0 Å². The van der Waals surface area contributed by atoms with Crippen LogP contribution in [0, 0.1) is 13.3 Å². The summed E-state index contributed by atoms with van der Waals surface area (Å²) in [6, 6.07) is 0. The van der Waals surface area contributed by atoms with Crippen LogP contribution in [0.15, 0.2) is 11.6 Å². The summed E-state index contributed by atoms with van der Waals surface area (Å²) in [6.45, 7) is 5.45. The van der Waals surface area contributed by atoms with Crippen molar-refractivity contribution in [1.82, 2.24) is 0 Å². The van der Waals surface area contributed by atoms with Gasteiger partial charge < -0.3 is 5.11 Å². The van der Waals surface area contributed by atoms with Crippen molar-refractivity contribution in [3.05, 3.63) is 25.0 Å². The average molecular weight is 238 g/mol. The van der Waals surface area contributed by atoms with E-state index in [0.29, 0.717) is 5.57 Å². The van der Waals surface area contributed by atoms with Crippen LogP contribution in [0.2, 0.25) is 0 Å². The summed E-state index contributed by atoms with van der Waals surface area (Å²) in [5, 5.41) is 8.63. The minimum Gasteiger partial charge on any atom is -0.478 e. The summed E-state index contributed by atoms with van der Waals surface area (Å²) < 4.78 is 0. The first kappa shape index (κ1) is 16.2. The summed E-state index contributed by atoms with van der Waals surface area (Å²) in [6.07, 6.45) is 14.7. The third kappa shape index (κ3) is 11.5. The van der Waals surface area contributed by atoms with Crippen LogP contribution in [0.4, 0.5) is 0 Å². The fourth-order valence-electron chi connectivity index (χ4n) is 1.65. The number of rotatable bonds is 11. The normalized spacial score (nSPS) is 11.8. The third-order valence-corrected chi connectivity index (χ3v) is 2.83. The molecule has 0 rings (SSSR count). The zero-order chi connectivity index (χ0) is 12.9. The van der Waals surface area contributed by atoms with Gasteiger partial charge in [0.25, 0.3) is 0 Å². The second-order valence-electron chi connectivity index (χ2n) is 4.51. The van der Waals surface area contributed by atoms with E-state index in [1.807, 2.05) is 6.42 Å². The van der Waals surface area contributed by atoms with Gasteiger partial charge in [-0.25, -0.2) is 4.79 Å². The quantitative estimate of drug-likeness (QED) is 0.423. The van der Waals surface area contributed by atoms with Gasteiger partial charge >= 0.3 is 5.97 Å². The van der Waals surface area contributed by atoms with E-state index in [-0.39, 0.29) is 0 Å². The first-order valence-electron chi connectivity index (χ1n) is 6.71. The number of hydrogen-bond acceptors (Lipinski definition) is 1. The fourth-order valence-corrected chi connectivity index (χ4v) is 1.65. The Morgan fingerprint density at radius 2 is 1.59 bits per heavy atom. The largest absolute Gasteiger partial charge is 0.478 e. The van der Waals surface area contributed by atoms with Crippen molar-refractivity contribution in [2.24, 2.45) is 0 Å². The molecule has 0 heterocycles. The summed E-state index contributed by atoms with van der Waals surface area (Å²) in [5.74, 6) is -0.827. The van der Waals surface area contributed by atoms with Gasteiger partial charge in [-0.05, 0) is 19.8 Å². The Morgan fingerprint density at radius 3 is 2.12 bits per heavy atom. The molecule has 0 amide bonds. The number of carboxylic acids is 1. The summed E-state index contributed by atoms with van der Waals surface area (Å²) in [5.41, 5.74) is 0.415. The Morgan fingerprint density at radius 1 is 1.06 bits per heavy atom. The number of unbranched alkanes of at least 4 members (excludes halogenated alkanes) is 9. The van der Waals surface area contributed by atoms with E-state index >= 15 is 0 Å². The molecule has 0 saturated heterocycles. The maximum absolute atomic E-state index is 10.5. The minimum absolute atomic E-state index is 0.415. The molecule has 0 aromatic rings. The minimum atomic E-state index is -0.827. The standard InChI is InChI=1S/C15H26O2/c1-3-4-5-6-7-8-9-10-11-12-13-14(2)15(16)17/h12-13H,1,3-11H2,2H3,(H,16,17). The molecule has 0 fully saturated rings. The molecule has 0 atom stereocenters. The zero-order valence-electron chi connectivity index (χ0n) is 11.1. The van der Waals surface area contributed by atoms with Crippen LogP contribution >= 0.6 is 0 Å². The highest BCUT2D eigenvalue weighted by Gasteiger charge is 1.98. The molecular weight excluding hydrogens is 212 g/mol. The zero-order valence-corrected chi connectivity index (χ0v) is 11.1. The van der Waals surface area contributed by atoms with E-state index in [1.165, 1.54) is 44.9 Å². The summed E-state index contributed by atoms with van der Waals surface area (Å²) >= 11 is 0. The van der Waals surface area contributed by atoms with Crippen LogP contribution in [-0.4, -0.2) is 11.1 Å². The monoisotopic (exact) mass is 238 g/mol. The lowest BCUT2D eigenvalue weighted by atomic mass is 10.1. The summed E-state index contributed by atoms with van der Waals surface area (Å²) in [7, 11) is 0. The first-order chi connectivity index (χ1) is 8.18. The second kappa shape index (κ2) is 11.7. The summed E-state index contributed by atoms with van der Waals surface area (Å²) in [4.78, 5) is 10.5. The van der Waals surface area contributed by atoms with Gasteiger partial charge in [0, 0.05) is 5.57 Å². The predicted molar refractivity (Wildman–Crippen MR) is 72.6 cm³/mol. The molecule has 0 aliphatic rings. The fraction of sp³-hybridized carbons (Fsp3) is 0.667. The van der Waals surface area contributed by atoms with Crippen molar-refractivity contribution in [3.8, 4) is 0 Å². The Bertz CT molecular complexity index is 219. The lowest BCUT2D eigenvalue weighted by Crippen LogP contribution is -1.95. The lowest BCUT2D eigenvalue weighted by Gasteiger charge is -2.00. The van der Waals surface area contributed by atoms with Crippen LogP contribution in [-0.2, 0) is 4.79 Å². The second-order valence-corrected chi connectivity index (χ2v) is 4.51. The maximum atomic E-state index is 10.5. The molecule has 0 spiro atoms. The lowest BCUT2D eigenvalue weighted by molar-refractivity contribution is -0.132. The van der Waals surface area contributed by atoms with E-state index < -0.39 is 5.97 Å². The van der Waals surface area contributed by atoms with Crippen LogP contribution in [0.3, 0.4) is 0 Å². The van der Waals surface area contributed by atoms with Crippen LogP contribution in [0.5, 0.6) is 0 Å². The van der Waals surface area contributed by atoms with E-state index in [2.05, 4.69) is 6.92 Å². The SMILES string of the molecule is [CH2]CCCCCCCCC[CH]C=C(C)C(=O)O. The Balaban J connectivity index is 3.19.